The van der Waals surface area contributed by atoms with E-state index in [0.717, 1.165) is 32.0 Å². The number of carbonyl (C=O) groups excluding carboxylic acids is 1. The summed E-state index contributed by atoms with van der Waals surface area (Å²) in [4.78, 5) is 14.6. The van der Waals surface area contributed by atoms with E-state index in [4.69, 9.17) is 27.9 Å². The number of hydrogen-bond donors (Lipinski definition) is 1. The lowest BCUT2D eigenvalue weighted by Gasteiger charge is -2.29. The van der Waals surface area contributed by atoms with Crippen LogP contribution < -0.4 is 10.1 Å². The highest BCUT2D eigenvalue weighted by Gasteiger charge is 2.19. The van der Waals surface area contributed by atoms with Crippen LogP contribution in [0.1, 0.15) is 23.2 Å². The van der Waals surface area contributed by atoms with Crippen molar-refractivity contribution in [3.63, 3.8) is 0 Å². The molecule has 0 aromatic heterocycles. The lowest BCUT2D eigenvalue weighted by atomic mass is 10.1. The van der Waals surface area contributed by atoms with E-state index in [9.17, 15) is 9.18 Å². The van der Waals surface area contributed by atoms with Gasteiger partial charge in [0.15, 0.2) is 0 Å². The van der Waals surface area contributed by atoms with Crippen LogP contribution in [-0.4, -0.2) is 37.0 Å². The summed E-state index contributed by atoms with van der Waals surface area (Å²) in [6.07, 6.45) is 1.95. The Morgan fingerprint density at radius 3 is 2.58 bits per heavy atom. The van der Waals surface area contributed by atoms with Gasteiger partial charge in [0.25, 0.3) is 5.91 Å². The summed E-state index contributed by atoms with van der Waals surface area (Å²) in [7, 11) is 2.08. The third-order valence-corrected chi connectivity index (χ3v) is 4.95. The van der Waals surface area contributed by atoms with Crippen molar-refractivity contribution in [1.82, 2.24) is 4.90 Å². The second-order valence-electron chi connectivity index (χ2n) is 6.34. The van der Waals surface area contributed by atoms with E-state index in [1.54, 1.807) is 18.2 Å². The van der Waals surface area contributed by atoms with E-state index in [1.165, 1.54) is 12.1 Å². The maximum absolute atomic E-state index is 13.1. The fourth-order valence-corrected chi connectivity index (χ4v) is 3.24. The first kappa shape index (κ1) is 19.0. The molecule has 1 saturated heterocycles. The summed E-state index contributed by atoms with van der Waals surface area (Å²) in [5.74, 6) is -0.390. The van der Waals surface area contributed by atoms with Gasteiger partial charge in [0, 0.05) is 24.8 Å². The molecule has 2 aromatic carbocycles. The molecule has 4 nitrogen and oxygen atoms in total. The molecule has 0 saturated carbocycles. The van der Waals surface area contributed by atoms with Crippen LogP contribution in [0.4, 0.5) is 10.1 Å². The Balaban J connectivity index is 1.71. The first-order chi connectivity index (χ1) is 12.4. The molecule has 1 heterocycles. The van der Waals surface area contributed by atoms with Gasteiger partial charge in [-0.1, -0.05) is 23.2 Å². The van der Waals surface area contributed by atoms with Crippen molar-refractivity contribution >= 4 is 34.8 Å². The van der Waals surface area contributed by atoms with Crippen LogP contribution in [0.2, 0.25) is 10.0 Å². The molecule has 26 heavy (non-hydrogen) atoms. The topological polar surface area (TPSA) is 41.6 Å². The van der Waals surface area contributed by atoms with Gasteiger partial charge < -0.3 is 15.0 Å². The molecule has 1 N–H and O–H groups in total. The van der Waals surface area contributed by atoms with E-state index in [0.29, 0.717) is 16.5 Å². The smallest absolute Gasteiger partial charge is 0.257 e. The molecule has 3 rings (SSSR count). The predicted octanol–water partition coefficient (Wildman–Crippen LogP) is 4.86. The fraction of sp³-hybridized carbons (Fsp3) is 0.316. The summed E-state index contributed by atoms with van der Waals surface area (Å²) in [6, 6.07) is 8.69. The highest BCUT2D eigenvalue weighted by Crippen LogP contribution is 2.31. The molecule has 0 spiro atoms. The molecule has 0 radical (unpaired) electrons. The lowest BCUT2D eigenvalue weighted by molar-refractivity contribution is 0.102. The largest absolute Gasteiger partial charge is 0.489 e. The standard InChI is InChI=1S/C19H19Cl2FN2O2/c1-24-8-6-14(7-9-24)26-18-11-13(3-5-16(18)20)23-19(25)15-4-2-12(22)10-17(15)21/h2-5,10-11,14H,6-9H2,1H3,(H,23,25). The number of amides is 1. The van der Waals surface area contributed by atoms with E-state index < -0.39 is 11.7 Å². The summed E-state index contributed by atoms with van der Waals surface area (Å²) < 4.78 is 19.1. The molecular weight excluding hydrogens is 378 g/mol. The molecule has 138 valence electrons. The van der Waals surface area contributed by atoms with Gasteiger partial charge in [-0.15, -0.1) is 0 Å². The molecular formula is C19H19Cl2FN2O2. The van der Waals surface area contributed by atoms with E-state index in [2.05, 4.69) is 17.3 Å². The van der Waals surface area contributed by atoms with Crippen LogP contribution in [0.25, 0.3) is 0 Å². The van der Waals surface area contributed by atoms with Crippen LogP contribution in [0.3, 0.4) is 0 Å². The van der Waals surface area contributed by atoms with E-state index >= 15 is 0 Å². The summed E-state index contributed by atoms with van der Waals surface area (Å²) in [5.41, 5.74) is 0.725. The summed E-state index contributed by atoms with van der Waals surface area (Å²) >= 11 is 12.2. The SMILES string of the molecule is CN1CCC(Oc2cc(NC(=O)c3ccc(F)cc3Cl)ccc2Cl)CC1. The van der Waals surface area contributed by atoms with Crippen molar-refractivity contribution < 1.29 is 13.9 Å². The number of hydrogen-bond acceptors (Lipinski definition) is 3. The Morgan fingerprint density at radius 1 is 1.15 bits per heavy atom. The lowest BCUT2D eigenvalue weighted by Crippen LogP contribution is -2.35. The maximum atomic E-state index is 13.1. The van der Waals surface area contributed by atoms with Crippen molar-refractivity contribution in [2.75, 3.05) is 25.5 Å². The maximum Gasteiger partial charge on any atom is 0.257 e. The molecule has 7 heteroatoms. The number of carbonyl (C=O) groups is 1. The Hall–Kier alpha value is -1.82. The van der Waals surface area contributed by atoms with Crippen LogP contribution in [0.15, 0.2) is 36.4 Å². The minimum Gasteiger partial charge on any atom is -0.489 e. The van der Waals surface area contributed by atoms with Gasteiger partial charge in [-0.25, -0.2) is 4.39 Å². The van der Waals surface area contributed by atoms with Gasteiger partial charge in [0.1, 0.15) is 17.7 Å². The number of benzene rings is 2. The van der Waals surface area contributed by atoms with Crippen molar-refractivity contribution in [2.24, 2.45) is 0 Å². The molecule has 1 aliphatic heterocycles. The minimum absolute atomic E-state index is 0.0549. The fourth-order valence-electron chi connectivity index (χ4n) is 2.83. The van der Waals surface area contributed by atoms with Gasteiger partial charge in [0.2, 0.25) is 0 Å². The summed E-state index contributed by atoms with van der Waals surface area (Å²) in [5, 5.41) is 3.28. The Labute approximate surface area is 161 Å². The number of rotatable bonds is 4. The number of nitrogens with zero attached hydrogens (tertiary/aromatic N) is 1. The van der Waals surface area contributed by atoms with E-state index in [1.807, 2.05) is 0 Å². The van der Waals surface area contributed by atoms with E-state index in [-0.39, 0.29) is 16.7 Å². The summed E-state index contributed by atoms with van der Waals surface area (Å²) in [6.45, 7) is 1.95. The number of ether oxygens (including phenoxy) is 1. The number of likely N-dealkylation sites (tertiary alicyclic amines) is 1. The second-order valence-corrected chi connectivity index (χ2v) is 7.16. The van der Waals surface area contributed by atoms with Gasteiger partial charge >= 0.3 is 0 Å². The molecule has 0 aliphatic carbocycles. The molecule has 0 unspecified atom stereocenters. The molecule has 1 fully saturated rings. The third kappa shape index (κ3) is 4.67. The van der Waals surface area contributed by atoms with Gasteiger partial charge in [0.05, 0.1) is 15.6 Å². The Morgan fingerprint density at radius 2 is 1.88 bits per heavy atom. The number of anilines is 1. The van der Waals surface area contributed by atoms with Crippen molar-refractivity contribution in [1.29, 1.82) is 0 Å². The quantitative estimate of drug-likeness (QED) is 0.802. The predicted molar refractivity (Wildman–Crippen MR) is 102 cm³/mol. The first-order valence-electron chi connectivity index (χ1n) is 8.33. The average Bonchev–Trinajstić information content (AvgIpc) is 2.59. The monoisotopic (exact) mass is 396 g/mol. The zero-order valence-corrected chi connectivity index (χ0v) is 15.8. The van der Waals surface area contributed by atoms with Crippen LogP contribution in [0, 0.1) is 5.82 Å². The Bertz CT molecular complexity index is 808. The van der Waals surface area contributed by atoms with Crippen molar-refractivity contribution in [3.8, 4) is 5.75 Å². The normalized spacial score (nSPS) is 15.7. The Kier molecular flexibility index (Phi) is 6.01. The average molecular weight is 397 g/mol. The highest BCUT2D eigenvalue weighted by atomic mass is 35.5. The van der Waals surface area contributed by atoms with Crippen LogP contribution >= 0.6 is 23.2 Å². The van der Waals surface area contributed by atoms with Gasteiger partial charge in [-0.3, -0.25) is 4.79 Å². The first-order valence-corrected chi connectivity index (χ1v) is 9.09. The minimum atomic E-state index is -0.494. The molecule has 1 amide bonds. The zero-order chi connectivity index (χ0) is 18.7. The van der Waals surface area contributed by atoms with Gasteiger partial charge in [-0.05, 0) is 50.2 Å². The highest BCUT2D eigenvalue weighted by molar-refractivity contribution is 6.34. The zero-order valence-electron chi connectivity index (χ0n) is 14.3. The molecule has 0 bridgehead atoms. The molecule has 2 aromatic rings. The third-order valence-electron chi connectivity index (χ3n) is 4.32. The van der Waals surface area contributed by atoms with Crippen LogP contribution in [-0.2, 0) is 0 Å². The second kappa shape index (κ2) is 8.25. The molecule has 0 atom stereocenters. The van der Waals surface area contributed by atoms with Crippen molar-refractivity contribution in [3.05, 3.63) is 57.8 Å². The number of halogens is 3. The van der Waals surface area contributed by atoms with Crippen molar-refractivity contribution in [2.45, 2.75) is 18.9 Å². The molecule has 1 aliphatic rings. The number of nitrogens with one attached hydrogen (secondary N) is 1. The number of piperidine rings is 1. The van der Waals surface area contributed by atoms with Crippen LogP contribution in [0.5, 0.6) is 5.75 Å². The van der Waals surface area contributed by atoms with Gasteiger partial charge in [-0.2, -0.15) is 0 Å².